The SMILES string of the molecule is COc1ccc(Cl)cc1NCCC(=O)N1CCCC(N2CCNCC2=O)C1. The Bertz CT molecular complexity index is 685. The van der Waals surface area contributed by atoms with Crippen molar-refractivity contribution in [3.63, 3.8) is 0 Å². The smallest absolute Gasteiger partial charge is 0.236 e. The van der Waals surface area contributed by atoms with Crippen LogP contribution in [0.3, 0.4) is 0 Å². The summed E-state index contributed by atoms with van der Waals surface area (Å²) in [4.78, 5) is 28.6. The van der Waals surface area contributed by atoms with Gasteiger partial charge in [-0.25, -0.2) is 0 Å². The third-order valence-corrected chi connectivity index (χ3v) is 5.37. The number of likely N-dealkylation sites (tertiary alicyclic amines) is 1. The van der Waals surface area contributed by atoms with Gasteiger partial charge in [-0.05, 0) is 31.0 Å². The highest BCUT2D eigenvalue weighted by atomic mass is 35.5. The molecule has 2 N–H and O–H groups in total. The lowest BCUT2D eigenvalue weighted by Gasteiger charge is -2.41. The number of methoxy groups -OCH3 is 1. The average Bonchev–Trinajstić information content (AvgIpc) is 2.68. The maximum atomic E-state index is 12.6. The van der Waals surface area contributed by atoms with Gasteiger partial charge >= 0.3 is 0 Å². The van der Waals surface area contributed by atoms with E-state index in [-0.39, 0.29) is 17.9 Å². The van der Waals surface area contributed by atoms with E-state index in [1.54, 1.807) is 25.3 Å². The van der Waals surface area contributed by atoms with Gasteiger partial charge in [-0.3, -0.25) is 9.59 Å². The lowest BCUT2D eigenvalue weighted by atomic mass is 10.0. The number of hydrogen-bond acceptors (Lipinski definition) is 5. The molecule has 2 saturated heterocycles. The first-order valence-electron chi connectivity index (χ1n) is 9.44. The monoisotopic (exact) mass is 394 g/mol. The van der Waals surface area contributed by atoms with E-state index in [4.69, 9.17) is 16.3 Å². The number of piperidine rings is 1. The predicted molar refractivity (Wildman–Crippen MR) is 105 cm³/mol. The van der Waals surface area contributed by atoms with Crippen LogP contribution < -0.4 is 15.4 Å². The Labute approximate surface area is 165 Å². The molecule has 0 bridgehead atoms. The first kappa shape index (κ1) is 19.8. The average molecular weight is 395 g/mol. The van der Waals surface area contributed by atoms with Gasteiger partial charge in [0.25, 0.3) is 0 Å². The molecule has 7 nitrogen and oxygen atoms in total. The summed E-state index contributed by atoms with van der Waals surface area (Å²) in [7, 11) is 1.60. The van der Waals surface area contributed by atoms with Crippen molar-refractivity contribution < 1.29 is 14.3 Å². The number of nitrogens with one attached hydrogen (secondary N) is 2. The highest BCUT2D eigenvalue weighted by molar-refractivity contribution is 6.30. The molecule has 27 heavy (non-hydrogen) atoms. The zero-order valence-electron chi connectivity index (χ0n) is 15.7. The molecule has 8 heteroatoms. The highest BCUT2D eigenvalue weighted by Gasteiger charge is 2.31. The Hall–Kier alpha value is -1.99. The first-order valence-corrected chi connectivity index (χ1v) is 9.81. The Balaban J connectivity index is 1.50. The van der Waals surface area contributed by atoms with E-state index in [1.165, 1.54) is 0 Å². The molecular weight excluding hydrogens is 368 g/mol. The van der Waals surface area contributed by atoms with Gasteiger partial charge in [-0.15, -0.1) is 0 Å². The number of carbonyl (C=O) groups is 2. The lowest BCUT2D eigenvalue weighted by molar-refractivity contribution is -0.140. The molecule has 0 spiro atoms. The van der Waals surface area contributed by atoms with Crippen LogP contribution >= 0.6 is 11.6 Å². The number of piperazine rings is 1. The molecule has 2 amide bonds. The number of carbonyl (C=O) groups excluding carboxylic acids is 2. The van der Waals surface area contributed by atoms with Crippen LogP contribution in [0, 0.1) is 0 Å². The van der Waals surface area contributed by atoms with Crippen molar-refractivity contribution in [2.75, 3.05) is 51.7 Å². The van der Waals surface area contributed by atoms with Crippen molar-refractivity contribution >= 4 is 29.1 Å². The van der Waals surface area contributed by atoms with E-state index in [2.05, 4.69) is 10.6 Å². The van der Waals surface area contributed by atoms with Crippen LogP contribution in [0.25, 0.3) is 0 Å². The normalized spacial score (nSPS) is 20.5. The van der Waals surface area contributed by atoms with E-state index in [0.29, 0.717) is 36.8 Å². The van der Waals surface area contributed by atoms with Gasteiger partial charge in [0.2, 0.25) is 11.8 Å². The number of ether oxygens (including phenoxy) is 1. The number of benzene rings is 1. The summed E-state index contributed by atoms with van der Waals surface area (Å²) in [6.45, 7) is 3.84. The van der Waals surface area contributed by atoms with Gasteiger partial charge in [0.15, 0.2) is 0 Å². The zero-order chi connectivity index (χ0) is 19.2. The van der Waals surface area contributed by atoms with E-state index in [9.17, 15) is 9.59 Å². The fourth-order valence-corrected chi connectivity index (χ4v) is 3.90. The summed E-state index contributed by atoms with van der Waals surface area (Å²) in [6, 6.07) is 5.49. The molecule has 1 aromatic rings. The topological polar surface area (TPSA) is 73.9 Å². The maximum absolute atomic E-state index is 12.6. The third kappa shape index (κ3) is 5.05. The maximum Gasteiger partial charge on any atom is 0.236 e. The summed E-state index contributed by atoms with van der Waals surface area (Å²) in [5, 5.41) is 6.94. The number of nitrogens with zero attached hydrogens (tertiary/aromatic N) is 2. The molecule has 0 aliphatic carbocycles. The quantitative estimate of drug-likeness (QED) is 0.766. The number of amides is 2. The van der Waals surface area contributed by atoms with Crippen molar-refractivity contribution in [2.45, 2.75) is 25.3 Å². The molecular formula is C19H27ClN4O3. The van der Waals surface area contributed by atoms with Gasteiger partial charge in [0.1, 0.15) is 5.75 Å². The van der Waals surface area contributed by atoms with Crippen molar-refractivity contribution in [3.05, 3.63) is 23.2 Å². The molecule has 2 fully saturated rings. The number of anilines is 1. The molecule has 0 saturated carbocycles. The first-order chi connectivity index (χ1) is 13.1. The summed E-state index contributed by atoms with van der Waals surface area (Å²) >= 11 is 6.03. The fraction of sp³-hybridized carbons (Fsp3) is 0.579. The van der Waals surface area contributed by atoms with Crippen LogP contribution in [0.2, 0.25) is 5.02 Å². The minimum atomic E-state index is 0.107. The van der Waals surface area contributed by atoms with Crippen LogP contribution in [0.15, 0.2) is 18.2 Å². The van der Waals surface area contributed by atoms with E-state index in [1.807, 2.05) is 9.80 Å². The molecule has 2 heterocycles. The van der Waals surface area contributed by atoms with E-state index >= 15 is 0 Å². The number of halogens is 1. The highest BCUT2D eigenvalue weighted by Crippen LogP contribution is 2.27. The van der Waals surface area contributed by atoms with E-state index in [0.717, 1.165) is 38.2 Å². The number of hydrogen-bond donors (Lipinski definition) is 2. The Morgan fingerprint density at radius 1 is 1.41 bits per heavy atom. The summed E-state index contributed by atoms with van der Waals surface area (Å²) in [5.74, 6) is 0.938. The van der Waals surface area contributed by atoms with Gasteiger partial charge in [-0.2, -0.15) is 0 Å². The van der Waals surface area contributed by atoms with Gasteiger partial charge in [0, 0.05) is 50.2 Å². The molecule has 1 unspecified atom stereocenters. The zero-order valence-corrected chi connectivity index (χ0v) is 16.4. The summed E-state index contributed by atoms with van der Waals surface area (Å²) < 4.78 is 5.31. The van der Waals surface area contributed by atoms with Crippen LogP contribution in [0.5, 0.6) is 5.75 Å². The van der Waals surface area contributed by atoms with Gasteiger partial charge in [0.05, 0.1) is 19.3 Å². The van der Waals surface area contributed by atoms with Crippen LogP contribution in [-0.2, 0) is 9.59 Å². The summed E-state index contributed by atoms with van der Waals surface area (Å²) in [6.07, 6.45) is 2.29. The van der Waals surface area contributed by atoms with Crippen LogP contribution in [0.1, 0.15) is 19.3 Å². The molecule has 148 valence electrons. The van der Waals surface area contributed by atoms with Gasteiger partial charge < -0.3 is 25.2 Å². The Morgan fingerprint density at radius 3 is 3.04 bits per heavy atom. The fourth-order valence-electron chi connectivity index (χ4n) is 3.72. The minimum Gasteiger partial charge on any atom is -0.495 e. The molecule has 1 atom stereocenters. The van der Waals surface area contributed by atoms with Crippen molar-refractivity contribution in [3.8, 4) is 5.75 Å². The Kier molecular flexibility index (Phi) is 6.79. The van der Waals surface area contributed by atoms with Crippen LogP contribution in [0.4, 0.5) is 5.69 Å². The minimum absolute atomic E-state index is 0.107. The molecule has 1 aromatic carbocycles. The van der Waals surface area contributed by atoms with Gasteiger partial charge in [-0.1, -0.05) is 11.6 Å². The second kappa shape index (κ2) is 9.28. The lowest BCUT2D eigenvalue weighted by Crippen LogP contribution is -2.57. The van der Waals surface area contributed by atoms with Crippen molar-refractivity contribution in [1.82, 2.24) is 15.1 Å². The Morgan fingerprint density at radius 2 is 2.26 bits per heavy atom. The van der Waals surface area contributed by atoms with Crippen molar-refractivity contribution in [1.29, 1.82) is 0 Å². The third-order valence-electron chi connectivity index (χ3n) is 5.13. The van der Waals surface area contributed by atoms with Crippen LogP contribution in [-0.4, -0.2) is 74.0 Å². The molecule has 0 radical (unpaired) electrons. The van der Waals surface area contributed by atoms with Crippen molar-refractivity contribution in [2.24, 2.45) is 0 Å². The molecule has 0 aromatic heterocycles. The second-order valence-corrected chi connectivity index (χ2v) is 7.36. The molecule has 2 aliphatic rings. The summed E-state index contributed by atoms with van der Waals surface area (Å²) in [5.41, 5.74) is 0.778. The molecule has 3 rings (SSSR count). The second-order valence-electron chi connectivity index (χ2n) is 6.92. The standard InChI is InChI=1S/C19H27ClN4O3/c1-27-17-5-4-14(20)11-16(17)22-7-6-18(25)23-9-2-3-15(13-23)24-10-8-21-12-19(24)26/h4-5,11,15,21-22H,2-3,6-10,12-13H2,1H3. The number of rotatable bonds is 6. The van der Waals surface area contributed by atoms with E-state index < -0.39 is 0 Å². The predicted octanol–water partition coefficient (Wildman–Crippen LogP) is 1.57. The largest absolute Gasteiger partial charge is 0.495 e. The molecule has 2 aliphatic heterocycles.